The lowest BCUT2D eigenvalue weighted by atomic mass is 10.2. The fourth-order valence-corrected chi connectivity index (χ4v) is 3.68. The van der Waals surface area contributed by atoms with Crippen LogP contribution >= 0.6 is 11.6 Å². The Morgan fingerprint density at radius 3 is 2.30 bits per heavy atom. The highest BCUT2D eigenvalue weighted by Crippen LogP contribution is 2.24. The average molecular weight is 316 g/mol. The molecule has 4 nitrogen and oxygen atoms in total. The fraction of sp³-hybridized carbons (Fsp3) is 0.500. The van der Waals surface area contributed by atoms with Gasteiger partial charge in [-0.1, -0.05) is 24.4 Å². The van der Waals surface area contributed by atoms with E-state index in [0.29, 0.717) is 5.56 Å². The molecule has 1 aliphatic heterocycles. The van der Waals surface area contributed by atoms with E-state index in [1.807, 2.05) is 0 Å². The van der Waals surface area contributed by atoms with Crippen LogP contribution in [0.15, 0.2) is 23.1 Å². The lowest BCUT2D eigenvalue weighted by molar-refractivity contribution is 0.0761. The summed E-state index contributed by atoms with van der Waals surface area (Å²) in [4.78, 5) is 14.2. The Kier molecular flexibility index (Phi) is 4.70. The molecule has 0 saturated carbocycles. The first-order valence-electron chi connectivity index (χ1n) is 6.68. The molecule has 0 spiro atoms. The van der Waals surface area contributed by atoms with Crippen molar-refractivity contribution in [2.24, 2.45) is 0 Å². The van der Waals surface area contributed by atoms with E-state index in [1.165, 1.54) is 12.1 Å². The van der Waals surface area contributed by atoms with E-state index in [1.54, 1.807) is 11.0 Å². The molecule has 1 heterocycles. The van der Waals surface area contributed by atoms with Gasteiger partial charge in [0.25, 0.3) is 5.91 Å². The minimum atomic E-state index is -3.43. The van der Waals surface area contributed by atoms with Gasteiger partial charge < -0.3 is 4.90 Å². The Bertz CT molecular complexity index is 605. The Hall–Kier alpha value is -1.07. The molecule has 0 N–H and O–H groups in total. The van der Waals surface area contributed by atoms with Crippen LogP contribution in [0.4, 0.5) is 0 Å². The monoisotopic (exact) mass is 315 g/mol. The average Bonchev–Trinajstić information content (AvgIpc) is 2.66. The quantitative estimate of drug-likeness (QED) is 0.843. The second-order valence-corrected chi connectivity index (χ2v) is 7.52. The molecule has 1 aromatic carbocycles. The van der Waals surface area contributed by atoms with E-state index in [-0.39, 0.29) is 15.8 Å². The van der Waals surface area contributed by atoms with Gasteiger partial charge in [-0.3, -0.25) is 4.79 Å². The fourth-order valence-electron chi connectivity index (χ4n) is 2.38. The summed E-state index contributed by atoms with van der Waals surface area (Å²) in [6.07, 6.45) is 5.36. The van der Waals surface area contributed by atoms with Gasteiger partial charge >= 0.3 is 0 Å². The first-order valence-corrected chi connectivity index (χ1v) is 8.95. The largest absolute Gasteiger partial charge is 0.339 e. The summed E-state index contributed by atoms with van der Waals surface area (Å²) in [5, 5.41) is 0.153. The van der Waals surface area contributed by atoms with Crippen molar-refractivity contribution in [3.05, 3.63) is 28.8 Å². The van der Waals surface area contributed by atoms with Crippen LogP contribution < -0.4 is 0 Å². The molecule has 0 unspecified atom stereocenters. The van der Waals surface area contributed by atoms with Crippen LogP contribution in [0, 0.1) is 0 Å². The molecule has 110 valence electrons. The second kappa shape index (κ2) is 6.14. The van der Waals surface area contributed by atoms with Gasteiger partial charge in [-0.2, -0.15) is 0 Å². The molecule has 1 saturated heterocycles. The zero-order chi connectivity index (χ0) is 14.8. The van der Waals surface area contributed by atoms with Crippen molar-refractivity contribution in [3.8, 4) is 0 Å². The van der Waals surface area contributed by atoms with E-state index in [0.717, 1.165) is 45.0 Å². The maximum absolute atomic E-state index is 12.4. The van der Waals surface area contributed by atoms with Crippen LogP contribution in [0.3, 0.4) is 0 Å². The van der Waals surface area contributed by atoms with E-state index in [4.69, 9.17) is 11.6 Å². The van der Waals surface area contributed by atoms with E-state index < -0.39 is 9.84 Å². The number of amides is 1. The summed E-state index contributed by atoms with van der Waals surface area (Å²) in [5.74, 6) is -0.117. The van der Waals surface area contributed by atoms with E-state index in [2.05, 4.69) is 0 Å². The zero-order valence-electron chi connectivity index (χ0n) is 11.4. The minimum absolute atomic E-state index is 0.0137. The Morgan fingerprint density at radius 1 is 1.15 bits per heavy atom. The van der Waals surface area contributed by atoms with Gasteiger partial charge in [0.05, 0.1) is 9.92 Å². The van der Waals surface area contributed by atoms with Crippen molar-refractivity contribution >= 4 is 27.3 Å². The summed E-state index contributed by atoms with van der Waals surface area (Å²) >= 11 is 5.89. The molecule has 0 aromatic heterocycles. The summed E-state index contributed by atoms with van der Waals surface area (Å²) < 4.78 is 23.3. The molecule has 1 aromatic rings. The number of likely N-dealkylation sites (tertiary alicyclic amines) is 1. The van der Waals surface area contributed by atoms with E-state index >= 15 is 0 Å². The maximum Gasteiger partial charge on any atom is 0.253 e. The van der Waals surface area contributed by atoms with Gasteiger partial charge in [-0.25, -0.2) is 8.42 Å². The molecule has 2 rings (SSSR count). The van der Waals surface area contributed by atoms with Crippen LogP contribution in [-0.4, -0.2) is 38.6 Å². The molecule has 6 heteroatoms. The number of carbonyl (C=O) groups excluding carboxylic acids is 1. The smallest absolute Gasteiger partial charge is 0.253 e. The topological polar surface area (TPSA) is 54.5 Å². The van der Waals surface area contributed by atoms with Gasteiger partial charge in [0.1, 0.15) is 0 Å². The predicted octanol–water partition coefficient (Wildman–Crippen LogP) is 2.76. The standard InChI is InChI=1S/C14H18ClNO3S/c1-20(18,19)13-10-11(6-7-12(13)15)14(17)16-8-4-2-3-5-9-16/h6-7,10H,2-5,8-9H2,1H3. The van der Waals surface area contributed by atoms with Crippen molar-refractivity contribution < 1.29 is 13.2 Å². The number of sulfone groups is 1. The SMILES string of the molecule is CS(=O)(=O)c1cc(C(=O)N2CCCCCC2)ccc1Cl. The number of hydrogen-bond acceptors (Lipinski definition) is 3. The first kappa shape index (κ1) is 15.3. The molecule has 1 aliphatic rings. The van der Waals surface area contributed by atoms with Crippen molar-refractivity contribution in [1.29, 1.82) is 0 Å². The van der Waals surface area contributed by atoms with Crippen LogP contribution in [0.2, 0.25) is 5.02 Å². The van der Waals surface area contributed by atoms with Crippen LogP contribution in [0.5, 0.6) is 0 Å². The molecular formula is C14H18ClNO3S. The third kappa shape index (κ3) is 3.52. The maximum atomic E-state index is 12.4. The lowest BCUT2D eigenvalue weighted by Gasteiger charge is -2.20. The Balaban J connectivity index is 2.30. The molecule has 20 heavy (non-hydrogen) atoms. The highest BCUT2D eigenvalue weighted by molar-refractivity contribution is 7.90. The van der Waals surface area contributed by atoms with Crippen LogP contribution in [0.1, 0.15) is 36.0 Å². The second-order valence-electron chi connectivity index (χ2n) is 5.12. The normalized spacial score (nSPS) is 16.8. The van der Waals surface area contributed by atoms with Gasteiger partial charge in [0, 0.05) is 24.9 Å². The molecule has 0 radical (unpaired) electrons. The number of halogens is 1. The number of nitrogens with zero attached hydrogens (tertiary/aromatic N) is 1. The predicted molar refractivity (Wildman–Crippen MR) is 78.9 cm³/mol. The van der Waals surface area contributed by atoms with Crippen molar-refractivity contribution in [2.75, 3.05) is 19.3 Å². The molecule has 0 atom stereocenters. The van der Waals surface area contributed by atoms with Gasteiger partial charge in [-0.05, 0) is 31.0 Å². The lowest BCUT2D eigenvalue weighted by Crippen LogP contribution is -2.31. The van der Waals surface area contributed by atoms with Crippen molar-refractivity contribution in [3.63, 3.8) is 0 Å². The third-order valence-corrected chi connectivity index (χ3v) is 5.05. The van der Waals surface area contributed by atoms with E-state index in [9.17, 15) is 13.2 Å². The van der Waals surface area contributed by atoms with Gasteiger partial charge in [0.2, 0.25) is 0 Å². The number of carbonyl (C=O) groups is 1. The Labute approximate surface area is 124 Å². The zero-order valence-corrected chi connectivity index (χ0v) is 13.0. The minimum Gasteiger partial charge on any atom is -0.339 e. The molecule has 1 fully saturated rings. The number of rotatable bonds is 2. The number of benzene rings is 1. The summed E-state index contributed by atoms with van der Waals surface area (Å²) in [6, 6.07) is 4.44. The number of hydrogen-bond donors (Lipinski definition) is 0. The molecule has 1 amide bonds. The van der Waals surface area contributed by atoms with Gasteiger partial charge in [-0.15, -0.1) is 0 Å². The van der Waals surface area contributed by atoms with Crippen molar-refractivity contribution in [1.82, 2.24) is 4.90 Å². The molecule has 0 bridgehead atoms. The summed E-state index contributed by atoms with van der Waals surface area (Å²) in [7, 11) is -3.43. The third-order valence-electron chi connectivity index (χ3n) is 3.47. The Morgan fingerprint density at radius 2 is 1.75 bits per heavy atom. The molecular weight excluding hydrogens is 298 g/mol. The summed E-state index contributed by atoms with van der Waals surface area (Å²) in [6.45, 7) is 1.46. The first-order chi connectivity index (χ1) is 9.39. The highest BCUT2D eigenvalue weighted by Gasteiger charge is 2.20. The highest BCUT2D eigenvalue weighted by atomic mass is 35.5. The van der Waals surface area contributed by atoms with Gasteiger partial charge in [0.15, 0.2) is 9.84 Å². The van der Waals surface area contributed by atoms with Crippen LogP contribution in [-0.2, 0) is 9.84 Å². The summed E-state index contributed by atoms with van der Waals surface area (Å²) in [5.41, 5.74) is 0.386. The van der Waals surface area contributed by atoms with Crippen LogP contribution in [0.25, 0.3) is 0 Å². The molecule has 0 aliphatic carbocycles. The van der Waals surface area contributed by atoms with Crippen molar-refractivity contribution in [2.45, 2.75) is 30.6 Å².